The molecule has 106 valence electrons. The van der Waals surface area contributed by atoms with E-state index in [1.54, 1.807) is 0 Å². The van der Waals surface area contributed by atoms with Crippen LogP contribution >= 0.6 is 0 Å². The summed E-state index contributed by atoms with van der Waals surface area (Å²) in [5.41, 5.74) is 0. The molecular formula is C16H27N3. The molecule has 1 aromatic rings. The van der Waals surface area contributed by atoms with Crippen molar-refractivity contribution in [3.05, 3.63) is 18.2 Å². The van der Waals surface area contributed by atoms with Crippen molar-refractivity contribution in [2.75, 3.05) is 23.7 Å². The maximum atomic E-state index is 4.56. The summed E-state index contributed by atoms with van der Waals surface area (Å²) in [5, 5.41) is 6.74. The van der Waals surface area contributed by atoms with Crippen LogP contribution in [0.3, 0.4) is 0 Å². The molecule has 1 aliphatic rings. The van der Waals surface area contributed by atoms with Crippen molar-refractivity contribution in [1.82, 2.24) is 4.98 Å². The molecule has 1 fully saturated rings. The van der Waals surface area contributed by atoms with E-state index in [0.717, 1.165) is 36.6 Å². The van der Waals surface area contributed by atoms with E-state index in [4.69, 9.17) is 0 Å². The van der Waals surface area contributed by atoms with Crippen LogP contribution in [0.5, 0.6) is 0 Å². The Bertz CT molecular complexity index is 370. The van der Waals surface area contributed by atoms with E-state index in [1.165, 1.54) is 32.1 Å². The lowest BCUT2D eigenvalue weighted by molar-refractivity contribution is 0.278. The average molecular weight is 261 g/mol. The summed E-state index contributed by atoms with van der Waals surface area (Å²) < 4.78 is 0. The lowest BCUT2D eigenvalue weighted by atomic mass is 9.81. The zero-order valence-electron chi connectivity index (χ0n) is 12.3. The van der Waals surface area contributed by atoms with Gasteiger partial charge in [-0.25, -0.2) is 4.98 Å². The van der Waals surface area contributed by atoms with Crippen LogP contribution in [0.15, 0.2) is 18.2 Å². The van der Waals surface area contributed by atoms with Crippen LogP contribution in [-0.2, 0) is 0 Å². The number of aromatic nitrogens is 1. The van der Waals surface area contributed by atoms with Gasteiger partial charge in [0.05, 0.1) is 0 Å². The van der Waals surface area contributed by atoms with Gasteiger partial charge < -0.3 is 10.6 Å². The summed E-state index contributed by atoms with van der Waals surface area (Å²) in [6, 6.07) is 6.13. The SMILES string of the molecule is CCNc1cccc(NCC2CCC(CC)CC2)n1. The van der Waals surface area contributed by atoms with Gasteiger partial charge in [0.1, 0.15) is 11.6 Å². The Kier molecular flexibility index (Phi) is 5.49. The van der Waals surface area contributed by atoms with Gasteiger partial charge in [-0.2, -0.15) is 0 Å². The molecule has 0 unspecified atom stereocenters. The molecular weight excluding hydrogens is 234 g/mol. The van der Waals surface area contributed by atoms with Crippen molar-refractivity contribution in [3.8, 4) is 0 Å². The lowest BCUT2D eigenvalue weighted by Gasteiger charge is -2.28. The summed E-state index contributed by atoms with van der Waals surface area (Å²) >= 11 is 0. The highest BCUT2D eigenvalue weighted by Crippen LogP contribution is 2.30. The molecule has 3 nitrogen and oxygen atoms in total. The minimum Gasteiger partial charge on any atom is -0.370 e. The van der Waals surface area contributed by atoms with Gasteiger partial charge in [0.25, 0.3) is 0 Å². The van der Waals surface area contributed by atoms with Gasteiger partial charge in [0.15, 0.2) is 0 Å². The fraction of sp³-hybridized carbons (Fsp3) is 0.688. The molecule has 0 saturated heterocycles. The molecule has 0 aromatic carbocycles. The molecule has 1 aliphatic carbocycles. The molecule has 0 atom stereocenters. The monoisotopic (exact) mass is 261 g/mol. The Morgan fingerprint density at radius 2 is 1.63 bits per heavy atom. The van der Waals surface area contributed by atoms with E-state index in [-0.39, 0.29) is 0 Å². The predicted molar refractivity (Wildman–Crippen MR) is 82.6 cm³/mol. The summed E-state index contributed by atoms with van der Waals surface area (Å²) in [7, 11) is 0. The summed E-state index contributed by atoms with van der Waals surface area (Å²) in [6.07, 6.45) is 6.92. The first-order valence-corrected chi connectivity index (χ1v) is 7.76. The van der Waals surface area contributed by atoms with Crippen molar-refractivity contribution in [2.45, 2.75) is 46.0 Å². The van der Waals surface area contributed by atoms with Crippen molar-refractivity contribution in [2.24, 2.45) is 11.8 Å². The van der Waals surface area contributed by atoms with Gasteiger partial charge in [-0.3, -0.25) is 0 Å². The number of nitrogens with one attached hydrogen (secondary N) is 2. The molecule has 0 radical (unpaired) electrons. The smallest absolute Gasteiger partial charge is 0.128 e. The first kappa shape index (κ1) is 14.2. The molecule has 0 spiro atoms. The third-order valence-electron chi connectivity index (χ3n) is 4.22. The molecule has 1 aromatic heterocycles. The standard InChI is InChI=1S/C16H27N3/c1-3-13-8-10-14(11-9-13)12-18-16-7-5-6-15(19-16)17-4-2/h5-7,13-14H,3-4,8-12H2,1-2H3,(H2,17,18,19). The Balaban J connectivity index is 1.77. The second-order valence-corrected chi connectivity index (χ2v) is 5.61. The second kappa shape index (κ2) is 7.37. The Hall–Kier alpha value is -1.25. The third kappa shape index (κ3) is 4.41. The molecule has 3 heteroatoms. The van der Waals surface area contributed by atoms with Gasteiger partial charge in [0.2, 0.25) is 0 Å². The molecule has 2 N–H and O–H groups in total. The van der Waals surface area contributed by atoms with E-state index >= 15 is 0 Å². The number of rotatable bonds is 6. The van der Waals surface area contributed by atoms with Crippen molar-refractivity contribution in [1.29, 1.82) is 0 Å². The fourth-order valence-corrected chi connectivity index (χ4v) is 2.91. The molecule has 2 rings (SSSR count). The Morgan fingerprint density at radius 1 is 1.00 bits per heavy atom. The van der Waals surface area contributed by atoms with Gasteiger partial charge in [-0.15, -0.1) is 0 Å². The highest BCUT2D eigenvalue weighted by Gasteiger charge is 2.19. The number of nitrogens with zero attached hydrogens (tertiary/aromatic N) is 1. The average Bonchev–Trinajstić information content (AvgIpc) is 2.46. The number of anilines is 2. The van der Waals surface area contributed by atoms with Crippen LogP contribution in [0.4, 0.5) is 11.6 Å². The fourth-order valence-electron chi connectivity index (χ4n) is 2.91. The van der Waals surface area contributed by atoms with Crippen molar-refractivity contribution < 1.29 is 0 Å². The van der Waals surface area contributed by atoms with Crippen LogP contribution in [0, 0.1) is 11.8 Å². The third-order valence-corrected chi connectivity index (χ3v) is 4.22. The normalized spacial score (nSPS) is 23.1. The van der Waals surface area contributed by atoms with Crippen LogP contribution in [0.1, 0.15) is 46.0 Å². The summed E-state index contributed by atoms with van der Waals surface area (Å²) in [5.74, 6) is 3.76. The summed E-state index contributed by atoms with van der Waals surface area (Å²) in [4.78, 5) is 4.56. The maximum Gasteiger partial charge on any atom is 0.128 e. The zero-order valence-corrected chi connectivity index (χ0v) is 12.3. The van der Waals surface area contributed by atoms with E-state index in [2.05, 4.69) is 41.6 Å². The van der Waals surface area contributed by atoms with Gasteiger partial charge in [-0.05, 0) is 43.7 Å². The highest BCUT2D eigenvalue weighted by atomic mass is 15.1. The van der Waals surface area contributed by atoms with Crippen molar-refractivity contribution >= 4 is 11.6 Å². The van der Waals surface area contributed by atoms with E-state index in [1.807, 2.05) is 6.07 Å². The van der Waals surface area contributed by atoms with Gasteiger partial charge in [-0.1, -0.05) is 32.3 Å². The zero-order chi connectivity index (χ0) is 13.5. The second-order valence-electron chi connectivity index (χ2n) is 5.61. The first-order chi connectivity index (χ1) is 9.31. The maximum absolute atomic E-state index is 4.56. The lowest BCUT2D eigenvalue weighted by Crippen LogP contribution is -2.21. The molecule has 0 aliphatic heterocycles. The van der Waals surface area contributed by atoms with E-state index in [9.17, 15) is 0 Å². The Labute approximate surface area is 117 Å². The number of hydrogen-bond donors (Lipinski definition) is 2. The van der Waals surface area contributed by atoms with E-state index in [0.29, 0.717) is 0 Å². The molecule has 1 heterocycles. The van der Waals surface area contributed by atoms with Crippen LogP contribution in [-0.4, -0.2) is 18.1 Å². The summed E-state index contributed by atoms with van der Waals surface area (Å²) in [6.45, 7) is 6.39. The quantitative estimate of drug-likeness (QED) is 0.808. The molecule has 19 heavy (non-hydrogen) atoms. The van der Waals surface area contributed by atoms with Crippen molar-refractivity contribution in [3.63, 3.8) is 0 Å². The van der Waals surface area contributed by atoms with E-state index < -0.39 is 0 Å². The highest BCUT2D eigenvalue weighted by molar-refractivity contribution is 5.44. The Morgan fingerprint density at radius 3 is 2.26 bits per heavy atom. The van der Waals surface area contributed by atoms with Gasteiger partial charge in [0, 0.05) is 13.1 Å². The first-order valence-electron chi connectivity index (χ1n) is 7.76. The topological polar surface area (TPSA) is 37.0 Å². The molecule has 0 amide bonds. The number of hydrogen-bond acceptors (Lipinski definition) is 3. The minimum absolute atomic E-state index is 0.826. The number of pyridine rings is 1. The molecule has 1 saturated carbocycles. The molecule has 0 bridgehead atoms. The largest absolute Gasteiger partial charge is 0.370 e. The predicted octanol–water partition coefficient (Wildman–Crippen LogP) is 4.14. The van der Waals surface area contributed by atoms with Gasteiger partial charge >= 0.3 is 0 Å². The van der Waals surface area contributed by atoms with Crippen LogP contribution < -0.4 is 10.6 Å². The van der Waals surface area contributed by atoms with Crippen LogP contribution in [0.25, 0.3) is 0 Å². The minimum atomic E-state index is 0.826. The van der Waals surface area contributed by atoms with Crippen LogP contribution in [0.2, 0.25) is 0 Å².